The summed E-state index contributed by atoms with van der Waals surface area (Å²) < 4.78 is 11.0. The minimum atomic E-state index is -1.58. The van der Waals surface area contributed by atoms with E-state index < -0.39 is 49.3 Å². The molecule has 0 spiro atoms. The van der Waals surface area contributed by atoms with E-state index in [9.17, 15) is 30.0 Å². The Morgan fingerprint density at radius 1 is 0.732 bits per heavy atom. The third-order valence-electron chi connectivity index (χ3n) is 7.76. The van der Waals surface area contributed by atoms with Crippen molar-refractivity contribution in [3.63, 3.8) is 0 Å². The molecule has 0 unspecified atom stereocenters. The quantitative estimate of drug-likeness (QED) is 0.0885. The summed E-state index contributed by atoms with van der Waals surface area (Å²) in [4.78, 5) is 25.6. The first-order valence-corrected chi connectivity index (χ1v) is 16.3. The van der Waals surface area contributed by atoms with Crippen LogP contribution in [0.15, 0.2) is 0 Å². The van der Waals surface area contributed by atoms with E-state index in [0.717, 1.165) is 44.9 Å². The lowest BCUT2D eigenvalue weighted by molar-refractivity contribution is -0.301. The number of ether oxygens (including phenoxy) is 2. The van der Waals surface area contributed by atoms with E-state index in [1.807, 2.05) is 0 Å². The van der Waals surface area contributed by atoms with Crippen LogP contribution in [0.4, 0.5) is 0 Å². The van der Waals surface area contributed by atoms with Crippen molar-refractivity contribution >= 4 is 11.8 Å². The SMILES string of the molecule is CCCCCCCCCCCCNC(=O)[C@H](CO[C@H]1O[C@H](CO)[C@H](O)[C@H](O)[C@H]1O)NC(=O)CCCCCCCCC. The van der Waals surface area contributed by atoms with Gasteiger partial charge in [0.15, 0.2) is 6.29 Å². The molecular weight excluding hydrogens is 528 g/mol. The van der Waals surface area contributed by atoms with Crippen molar-refractivity contribution < 1.29 is 39.5 Å². The summed E-state index contributed by atoms with van der Waals surface area (Å²) in [6, 6.07) is -1.01. The maximum atomic E-state index is 13.0. The number of aliphatic hydroxyl groups is 4. The normalized spacial score (nSPS) is 23.3. The molecule has 10 nitrogen and oxygen atoms in total. The first-order chi connectivity index (χ1) is 19.8. The number of amides is 2. The predicted octanol–water partition coefficient (Wildman–Crippen LogP) is 3.47. The molecule has 1 heterocycles. The van der Waals surface area contributed by atoms with Crippen LogP contribution >= 0.6 is 0 Å². The molecule has 1 aliphatic heterocycles. The van der Waals surface area contributed by atoms with Gasteiger partial charge in [-0.3, -0.25) is 9.59 Å². The zero-order valence-electron chi connectivity index (χ0n) is 25.7. The predicted molar refractivity (Wildman–Crippen MR) is 159 cm³/mol. The fourth-order valence-corrected chi connectivity index (χ4v) is 5.04. The van der Waals surface area contributed by atoms with Crippen LogP contribution in [0, 0.1) is 0 Å². The van der Waals surface area contributed by atoms with Gasteiger partial charge in [0, 0.05) is 13.0 Å². The molecule has 1 fully saturated rings. The number of hydrogen-bond donors (Lipinski definition) is 6. The third kappa shape index (κ3) is 16.8. The molecule has 242 valence electrons. The van der Waals surface area contributed by atoms with Crippen LogP contribution in [0.1, 0.15) is 129 Å². The summed E-state index contributed by atoms with van der Waals surface area (Å²) in [5, 5.41) is 45.3. The molecule has 2 amide bonds. The largest absolute Gasteiger partial charge is 0.394 e. The van der Waals surface area contributed by atoms with Crippen LogP contribution in [0.3, 0.4) is 0 Å². The first-order valence-electron chi connectivity index (χ1n) is 16.3. The first kappa shape index (κ1) is 37.7. The van der Waals surface area contributed by atoms with Gasteiger partial charge in [-0.15, -0.1) is 0 Å². The molecule has 6 N–H and O–H groups in total. The molecule has 0 aromatic heterocycles. The van der Waals surface area contributed by atoms with Crippen LogP contribution in [0.5, 0.6) is 0 Å². The standard InChI is InChI=1S/C31H60N2O8/c1-3-5-7-9-11-12-13-15-17-19-21-32-30(39)24(33-26(35)20-18-16-14-10-8-6-4-2)23-40-31-29(38)28(37)27(36)25(22-34)41-31/h24-25,27-29,31,34,36-38H,3-23H2,1-2H3,(H,32,39)(H,33,35)/t24-,25+,27-,28-,29+,31-/m0/s1. The van der Waals surface area contributed by atoms with Gasteiger partial charge in [0.2, 0.25) is 11.8 Å². The Bertz CT molecular complexity index is 666. The van der Waals surface area contributed by atoms with Crippen molar-refractivity contribution in [2.45, 2.75) is 166 Å². The van der Waals surface area contributed by atoms with E-state index in [-0.39, 0.29) is 12.5 Å². The fraction of sp³-hybridized carbons (Fsp3) is 0.935. The van der Waals surface area contributed by atoms with Crippen LogP contribution < -0.4 is 10.6 Å². The molecule has 1 aliphatic rings. The highest BCUT2D eigenvalue weighted by atomic mass is 16.7. The topological polar surface area (TPSA) is 158 Å². The van der Waals surface area contributed by atoms with Gasteiger partial charge in [-0.05, 0) is 12.8 Å². The Morgan fingerprint density at radius 2 is 1.24 bits per heavy atom. The average Bonchev–Trinajstić information content (AvgIpc) is 2.97. The van der Waals surface area contributed by atoms with Crippen LogP contribution in [0.2, 0.25) is 0 Å². The molecule has 0 radical (unpaired) electrons. The second-order valence-electron chi connectivity index (χ2n) is 11.5. The molecule has 1 rings (SSSR count). The Hall–Kier alpha value is -1.30. The van der Waals surface area contributed by atoms with E-state index in [1.54, 1.807) is 0 Å². The molecule has 6 atom stereocenters. The fourth-order valence-electron chi connectivity index (χ4n) is 5.04. The van der Waals surface area contributed by atoms with Gasteiger partial charge >= 0.3 is 0 Å². The van der Waals surface area contributed by atoms with Gasteiger partial charge in [0.25, 0.3) is 0 Å². The van der Waals surface area contributed by atoms with E-state index in [1.165, 1.54) is 64.2 Å². The van der Waals surface area contributed by atoms with Gasteiger partial charge in [-0.2, -0.15) is 0 Å². The van der Waals surface area contributed by atoms with Crippen LogP contribution in [-0.4, -0.2) is 88.7 Å². The van der Waals surface area contributed by atoms with Gasteiger partial charge in [0.05, 0.1) is 13.2 Å². The highest BCUT2D eigenvalue weighted by molar-refractivity contribution is 5.87. The van der Waals surface area contributed by atoms with Crippen molar-refractivity contribution in [1.82, 2.24) is 10.6 Å². The molecule has 0 saturated carbocycles. The summed E-state index contributed by atoms with van der Waals surface area (Å²) in [6.45, 7) is 4.01. The maximum absolute atomic E-state index is 13.0. The summed E-state index contributed by atoms with van der Waals surface area (Å²) in [5.41, 5.74) is 0. The molecule has 1 saturated heterocycles. The van der Waals surface area contributed by atoms with Crippen molar-refractivity contribution in [3.05, 3.63) is 0 Å². The van der Waals surface area contributed by atoms with E-state index >= 15 is 0 Å². The zero-order chi connectivity index (χ0) is 30.3. The second kappa shape index (κ2) is 24.2. The molecule has 0 aromatic carbocycles. The Labute approximate surface area is 248 Å². The smallest absolute Gasteiger partial charge is 0.244 e. The molecule has 0 aromatic rings. The number of unbranched alkanes of at least 4 members (excludes halogenated alkanes) is 15. The average molecular weight is 589 g/mol. The Morgan fingerprint density at radius 3 is 1.78 bits per heavy atom. The van der Waals surface area contributed by atoms with E-state index in [4.69, 9.17) is 9.47 Å². The number of aliphatic hydroxyl groups excluding tert-OH is 4. The summed E-state index contributed by atoms with van der Waals surface area (Å²) in [6.07, 6.45) is 12.6. The highest BCUT2D eigenvalue weighted by Crippen LogP contribution is 2.22. The number of hydrogen-bond acceptors (Lipinski definition) is 8. The molecule has 10 heteroatoms. The summed E-state index contributed by atoms with van der Waals surface area (Å²) >= 11 is 0. The number of carbonyl (C=O) groups is 2. The zero-order valence-corrected chi connectivity index (χ0v) is 25.7. The van der Waals surface area contributed by atoms with Crippen LogP contribution in [0.25, 0.3) is 0 Å². The van der Waals surface area contributed by atoms with Crippen molar-refractivity contribution in [2.75, 3.05) is 19.8 Å². The maximum Gasteiger partial charge on any atom is 0.244 e. The van der Waals surface area contributed by atoms with Crippen molar-refractivity contribution in [3.8, 4) is 0 Å². The summed E-state index contributed by atoms with van der Waals surface area (Å²) in [7, 11) is 0. The lowest BCUT2D eigenvalue weighted by Crippen LogP contribution is -2.60. The molecule has 41 heavy (non-hydrogen) atoms. The number of carbonyl (C=O) groups excluding carboxylic acids is 2. The van der Waals surface area contributed by atoms with Gasteiger partial charge in [-0.25, -0.2) is 0 Å². The van der Waals surface area contributed by atoms with Crippen LogP contribution in [-0.2, 0) is 19.1 Å². The lowest BCUT2D eigenvalue weighted by atomic mass is 9.99. The second-order valence-corrected chi connectivity index (χ2v) is 11.5. The Kier molecular flexibility index (Phi) is 22.2. The third-order valence-corrected chi connectivity index (χ3v) is 7.76. The Balaban J connectivity index is 2.50. The molecular formula is C31H60N2O8. The monoisotopic (exact) mass is 588 g/mol. The number of nitrogens with one attached hydrogen (secondary N) is 2. The van der Waals surface area contributed by atoms with Crippen molar-refractivity contribution in [2.24, 2.45) is 0 Å². The van der Waals surface area contributed by atoms with Gasteiger partial charge < -0.3 is 40.5 Å². The lowest BCUT2D eigenvalue weighted by Gasteiger charge is -2.39. The van der Waals surface area contributed by atoms with E-state index in [2.05, 4.69) is 24.5 Å². The minimum absolute atomic E-state index is 0.255. The number of rotatable bonds is 25. The van der Waals surface area contributed by atoms with Gasteiger partial charge in [0.1, 0.15) is 30.5 Å². The van der Waals surface area contributed by atoms with Gasteiger partial charge in [-0.1, -0.05) is 110 Å². The van der Waals surface area contributed by atoms with E-state index in [0.29, 0.717) is 13.0 Å². The molecule has 0 bridgehead atoms. The molecule has 0 aliphatic carbocycles. The highest BCUT2D eigenvalue weighted by Gasteiger charge is 2.44. The minimum Gasteiger partial charge on any atom is -0.394 e. The van der Waals surface area contributed by atoms with Crippen molar-refractivity contribution in [1.29, 1.82) is 0 Å². The summed E-state index contributed by atoms with van der Waals surface area (Å²) in [5.74, 6) is -0.645.